The van der Waals surface area contributed by atoms with Gasteiger partial charge in [-0.15, -0.1) is 0 Å². The Bertz CT molecular complexity index is 1230. The third kappa shape index (κ3) is 3.26. The molecule has 3 N–H and O–H groups in total. The van der Waals surface area contributed by atoms with Crippen molar-refractivity contribution < 1.29 is 9.94 Å². The Morgan fingerprint density at radius 1 is 1.26 bits per heavy atom. The molecule has 1 aromatic heterocycles. The van der Waals surface area contributed by atoms with Gasteiger partial charge in [-0.25, -0.2) is 4.99 Å². The molecule has 3 aliphatic heterocycles. The Kier molecular flexibility index (Phi) is 4.59. The van der Waals surface area contributed by atoms with Crippen molar-refractivity contribution in [3.63, 3.8) is 0 Å². The van der Waals surface area contributed by atoms with E-state index in [1.54, 1.807) is 0 Å². The second-order valence-corrected chi connectivity index (χ2v) is 9.19. The van der Waals surface area contributed by atoms with Crippen LogP contribution in [0.15, 0.2) is 57.1 Å². The van der Waals surface area contributed by atoms with Crippen LogP contribution in [-0.4, -0.2) is 64.7 Å². The molecule has 2 fully saturated rings. The van der Waals surface area contributed by atoms with Crippen LogP contribution in [-0.2, 0) is 4.84 Å². The molecule has 8 heteroatoms. The number of oxime groups is 1. The van der Waals surface area contributed by atoms with Crippen molar-refractivity contribution >= 4 is 43.9 Å². The topological polar surface area (TPSA) is 85.2 Å². The summed E-state index contributed by atoms with van der Waals surface area (Å²) >= 11 is 3.53. The van der Waals surface area contributed by atoms with Crippen molar-refractivity contribution in [2.45, 2.75) is 18.5 Å². The number of nitrogens with one attached hydrogen (secondary N) is 2. The highest BCUT2D eigenvalue weighted by atomic mass is 79.9. The van der Waals surface area contributed by atoms with E-state index in [9.17, 15) is 5.11 Å². The van der Waals surface area contributed by atoms with E-state index in [0.29, 0.717) is 35.7 Å². The van der Waals surface area contributed by atoms with Crippen LogP contribution in [0.4, 0.5) is 5.69 Å². The lowest BCUT2D eigenvalue weighted by Gasteiger charge is -2.26. The van der Waals surface area contributed by atoms with Gasteiger partial charge < -0.3 is 20.2 Å². The number of hydrogen-bond acceptors (Lipinski definition) is 6. The van der Waals surface area contributed by atoms with Gasteiger partial charge in [-0.3, -0.25) is 4.90 Å². The van der Waals surface area contributed by atoms with Crippen molar-refractivity contribution in [2.75, 3.05) is 26.2 Å². The number of piperazine rings is 1. The summed E-state index contributed by atoms with van der Waals surface area (Å²) in [6.07, 6.45) is 1.23. The van der Waals surface area contributed by atoms with E-state index in [2.05, 4.69) is 36.3 Å². The maximum atomic E-state index is 10.7. The molecule has 2 bridgehead atoms. The largest absolute Gasteiger partial charge is 0.494 e. The third-order valence-corrected chi connectivity index (χ3v) is 6.88. The van der Waals surface area contributed by atoms with Crippen LogP contribution < -0.4 is 5.32 Å². The van der Waals surface area contributed by atoms with E-state index in [1.807, 2.05) is 42.5 Å². The fourth-order valence-electron chi connectivity index (χ4n) is 4.92. The molecule has 6 rings (SSSR count). The van der Waals surface area contributed by atoms with Gasteiger partial charge in [0.1, 0.15) is 18.0 Å². The lowest BCUT2D eigenvalue weighted by Crippen LogP contribution is -2.44. The van der Waals surface area contributed by atoms with Gasteiger partial charge in [-0.05, 0) is 30.7 Å². The van der Waals surface area contributed by atoms with Gasteiger partial charge >= 0.3 is 0 Å². The number of halogens is 1. The van der Waals surface area contributed by atoms with Crippen LogP contribution in [0.3, 0.4) is 0 Å². The second kappa shape index (κ2) is 7.47. The number of nitrogens with zero attached hydrogens (tertiary/aromatic N) is 3. The first kappa shape index (κ1) is 19.0. The molecule has 2 saturated heterocycles. The average Bonchev–Trinajstić information content (AvgIpc) is 3.52. The third-order valence-electron chi connectivity index (χ3n) is 6.39. The minimum atomic E-state index is 0.0768. The van der Waals surface area contributed by atoms with E-state index in [1.165, 1.54) is 6.42 Å². The number of aliphatic imine (C=N–C) groups is 1. The van der Waals surface area contributed by atoms with Gasteiger partial charge in [0.05, 0.1) is 11.3 Å². The summed E-state index contributed by atoms with van der Waals surface area (Å²) in [5.41, 5.74) is 4.48. The number of fused-ring (bicyclic) bond motifs is 4. The Balaban J connectivity index is 1.31. The summed E-state index contributed by atoms with van der Waals surface area (Å²) in [6.45, 7) is 3.53. The standard InChI is InChI=1S/C23H22BrN5O2/c24-13-5-6-19-17(9-13)20(23(30)27-19)22-21(16-3-1-2-4-18(16)26-22)28-31-8-7-29-12-14-10-15(29)11-25-14/h1-6,9,14-15,25,27,30H,7-8,10-12H2/t14-,15-/m0/s1. The zero-order chi connectivity index (χ0) is 20.9. The highest BCUT2D eigenvalue weighted by Crippen LogP contribution is 2.36. The highest BCUT2D eigenvalue weighted by molar-refractivity contribution is 9.10. The predicted molar refractivity (Wildman–Crippen MR) is 125 cm³/mol. The van der Waals surface area contributed by atoms with E-state index in [0.717, 1.165) is 46.3 Å². The lowest BCUT2D eigenvalue weighted by atomic mass is 10.0. The molecule has 3 aliphatic rings. The fraction of sp³-hybridized carbons (Fsp3) is 0.304. The summed E-state index contributed by atoms with van der Waals surface area (Å²) < 4.78 is 0.931. The van der Waals surface area contributed by atoms with Gasteiger partial charge in [0.25, 0.3) is 0 Å². The number of H-pyrrole nitrogens is 1. The molecule has 158 valence electrons. The Labute approximate surface area is 187 Å². The SMILES string of the molecule is Oc1[nH]c2ccc(Br)cc2c1C1=Nc2ccccc2C1=NOCCN1C[C@@H]2C[C@H]1CN2. The Morgan fingerprint density at radius 2 is 2.16 bits per heavy atom. The first-order chi connectivity index (χ1) is 15.2. The quantitative estimate of drug-likeness (QED) is 0.385. The molecule has 0 amide bonds. The molecule has 7 nitrogen and oxygen atoms in total. The van der Waals surface area contributed by atoms with E-state index < -0.39 is 0 Å². The Hall–Kier alpha value is -2.68. The normalized spacial score (nSPS) is 23.6. The van der Waals surface area contributed by atoms with E-state index in [-0.39, 0.29) is 5.88 Å². The van der Waals surface area contributed by atoms with Crippen LogP contribution >= 0.6 is 15.9 Å². The lowest BCUT2D eigenvalue weighted by molar-refractivity contribution is 0.101. The van der Waals surface area contributed by atoms with E-state index in [4.69, 9.17) is 9.83 Å². The molecule has 2 atom stereocenters. The van der Waals surface area contributed by atoms with Gasteiger partial charge in [-0.2, -0.15) is 0 Å². The fourth-order valence-corrected chi connectivity index (χ4v) is 5.28. The van der Waals surface area contributed by atoms with E-state index >= 15 is 0 Å². The number of para-hydroxylation sites is 1. The maximum absolute atomic E-state index is 10.7. The van der Waals surface area contributed by atoms with Crippen LogP contribution in [0.25, 0.3) is 10.9 Å². The summed E-state index contributed by atoms with van der Waals surface area (Å²) in [7, 11) is 0. The molecule has 31 heavy (non-hydrogen) atoms. The molecule has 4 heterocycles. The zero-order valence-electron chi connectivity index (χ0n) is 16.8. The predicted octanol–water partition coefficient (Wildman–Crippen LogP) is 3.54. The molecule has 2 aromatic carbocycles. The number of aromatic nitrogens is 1. The van der Waals surface area contributed by atoms with Gasteiger partial charge in [-0.1, -0.05) is 39.3 Å². The zero-order valence-corrected chi connectivity index (χ0v) is 18.4. The first-order valence-electron chi connectivity index (χ1n) is 10.5. The van der Waals surface area contributed by atoms with Crippen molar-refractivity contribution in [1.29, 1.82) is 0 Å². The molecule has 0 radical (unpaired) electrons. The number of rotatable bonds is 5. The van der Waals surface area contributed by atoms with Gasteiger partial charge in [0.2, 0.25) is 0 Å². The van der Waals surface area contributed by atoms with Crippen molar-refractivity contribution in [3.8, 4) is 5.88 Å². The Morgan fingerprint density at radius 3 is 3.00 bits per heavy atom. The monoisotopic (exact) mass is 479 g/mol. The molecule has 0 saturated carbocycles. The van der Waals surface area contributed by atoms with Gasteiger partial charge in [0, 0.05) is 52.7 Å². The van der Waals surface area contributed by atoms with Crippen molar-refractivity contribution in [1.82, 2.24) is 15.2 Å². The number of aromatic amines is 1. The summed E-state index contributed by atoms with van der Waals surface area (Å²) in [4.78, 5) is 16.1. The minimum Gasteiger partial charge on any atom is -0.494 e. The van der Waals surface area contributed by atoms with Crippen LogP contribution in [0.5, 0.6) is 5.88 Å². The summed E-state index contributed by atoms with van der Waals surface area (Å²) in [5.74, 6) is 0.0768. The molecule has 0 spiro atoms. The second-order valence-electron chi connectivity index (χ2n) is 8.28. The number of likely N-dealkylation sites (tertiary alicyclic amines) is 1. The average molecular weight is 480 g/mol. The molecule has 0 unspecified atom stereocenters. The van der Waals surface area contributed by atoms with Crippen LogP contribution in [0, 0.1) is 0 Å². The van der Waals surface area contributed by atoms with Crippen molar-refractivity contribution in [3.05, 3.63) is 58.1 Å². The van der Waals surface area contributed by atoms with Gasteiger partial charge in [0.15, 0.2) is 5.88 Å². The smallest absolute Gasteiger partial charge is 0.199 e. The highest BCUT2D eigenvalue weighted by Gasteiger charge is 2.37. The molecular formula is C23H22BrN5O2. The maximum Gasteiger partial charge on any atom is 0.199 e. The van der Waals surface area contributed by atoms with Crippen LogP contribution in [0.2, 0.25) is 0 Å². The number of benzene rings is 2. The number of hydrogen-bond donors (Lipinski definition) is 3. The van der Waals surface area contributed by atoms with Crippen LogP contribution in [0.1, 0.15) is 17.5 Å². The molecule has 0 aliphatic carbocycles. The van der Waals surface area contributed by atoms with Crippen molar-refractivity contribution in [2.24, 2.45) is 10.1 Å². The minimum absolute atomic E-state index is 0.0768. The summed E-state index contributed by atoms with van der Waals surface area (Å²) in [5, 5.41) is 19.6. The first-order valence-corrected chi connectivity index (χ1v) is 11.3. The molecular weight excluding hydrogens is 458 g/mol. The molecule has 3 aromatic rings. The summed E-state index contributed by atoms with van der Waals surface area (Å²) in [6, 6.07) is 14.9. The number of aromatic hydroxyl groups is 1.